The Morgan fingerprint density at radius 1 is 1.15 bits per heavy atom. The number of nitrogens with zero attached hydrogens (tertiary/aromatic N) is 2. The van der Waals surface area contributed by atoms with Gasteiger partial charge < -0.3 is 16.0 Å². The molecule has 6 nitrogen and oxygen atoms in total. The van der Waals surface area contributed by atoms with E-state index in [0.717, 1.165) is 32.5 Å². The van der Waals surface area contributed by atoms with Crippen LogP contribution < -0.4 is 11.1 Å². The summed E-state index contributed by atoms with van der Waals surface area (Å²) in [6.45, 7) is 5.14. The van der Waals surface area contributed by atoms with Gasteiger partial charge in [-0.05, 0) is 31.7 Å². The second-order valence-corrected chi connectivity index (χ2v) is 7.55. The lowest BCUT2D eigenvalue weighted by Gasteiger charge is -2.29. The molecule has 3 atom stereocenters. The minimum atomic E-state index is -0.471. The maximum absolute atomic E-state index is 12.4. The van der Waals surface area contributed by atoms with Gasteiger partial charge in [0.25, 0.3) is 0 Å². The molecule has 2 fully saturated rings. The van der Waals surface area contributed by atoms with Gasteiger partial charge in [-0.25, -0.2) is 0 Å². The van der Waals surface area contributed by atoms with Crippen LogP contribution in [0.1, 0.15) is 37.7 Å². The van der Waals surface area contributed by atoms with Crippen LogP contribution in [-0.4, -0.2) is 66.4 Å². The van der Waals surface area contributed by atoms with E-state index in [-0.39, 0.29) is 42.7 Å². The highest BCUT2D eigenvalue weighted by Gasteiger charge is 2.32. The molecule has 2 amide bonds. The first-order chi connectivity index (χ1) is 12.5. The summed E-state index contributed by atoms with van der Waals surface area (Å²) in [6, 6.07) is 9.77. The fourth-order valence-electron chi connectivity index (χ4n) is 4.04. The van der Waals surface area contributed by atoms with Crippen LogP contribution in [-0.2, 0) is 9.59 Å². The van der Waals surface area contributed by atoms with E-state index in [4.69, 9.17) is 5.73 Å². The van der Waals surface area contributed by atoms with Crippen molar-refractivity contribution in [1.82, 2.24) is 15.1 Å². The van der Waals surface area contributed by atoms with Gasteiger partial charge in [-0.1, -0.05) is 30.3 Å². The maximum Gasteiger partial charge on any atom is 0.244 e. The molecule has 27 heavy (non-hydrogen) atoms. The Bertz CT molecular complexity index is 622. The summed E-state index contributed by atoms with van der Waals surface area (Å²) < 4.78 is 0. The number of likely N-dealkylation sites (tertiary alicyclic amines) is 2. The molecule has 3 N–H and O–H groups in total. The van der Waals surface area contributed by atoms with Crippen molar-refractivity contribution in [1.29, 1.82) is 0 Å². The molecule has 3 rings (SSSR count). The lowest BCUT2D eigenvalue weighted by Crippen LogP contribution is -2.50. The summed E-state index contributed by atoms with van der Waals surface area (Å²) in [5.41, 5.74) is 7.51. The zero-order valence-electron chi connectivity index (χ0n) is 16.0. The first kappa shape index (κ1) is 21.7. The third-order valence-corrected chi connectivity index (χ3v) is 5.45. The van der Waals surface area contributed by atoms with Crippen molar-refractivity contribution in [3.05, 3.63) is 35.9 Å². The number of halogens is 1. The average molecular weight is 395 g/mol. The largest absolute Gasteiger partial charge is 0.343 e. The number of piperidine rings is 1. The highest BCUT2D eigenvalue weighted by Crippen LogP contribution is 2.25. The number of carbonyl (C=O) groups excluding carboxylic acids is 2. The fraction of sp³-hybridized carbons (Fsp3) is 0.600. The van der Waals surface area contributed by atoms with E-state index in [2.05, 4.69) is 22.3 Å². The van der Waals surface area contributed by atoms with Crippen LogP contribution in [0.15, 0.2) is 30.3 Å². The minimum absolute atomic E-state index is 0. The molecular weight excluding hydrogens is 364 g/mol. The summed E-state index contributed by atoms with van der Waals surface area (Å²) in [4.78, 5) is 28.8. The van der Waals surface area contributed by atoms with Crippen LogP contribution in [0.4, 0.5) is 0 Å². The number of nitrogens with one attached hydrogen (secondary N) is 1. The normalized spacial score (nSPS) is 24.1. The van der Waals surface area contributed by atoms with Crippen molar-refractivity contribution in [2.24, 2.45) is 5.73 Å². The number of hydrogen-bond acceptors (Lipinski definition) is 4. The zero-order chi connectivity index (χ0) is 18.5. The fourth-order valence-corrected chi connectivity index (χ4v) is 4.04. The lowest BCUT2D eigenvalue weighted by molar-refractivity contribution is -0.136. The second-order valence-electron chi connectivity index (χ2n) is 7.55. The van der Waals surface area contributed by atoms with Gasteiger partial charge in [0.05, 0.1) is 6.54 Å². The van der Waals surface area contributed by atoms with Gasteiger partial charge in [0.15, 0.2) is 0 Å². The van der Waals surface area contributed by atoms with E-state index in [9.17, 15) is 9.59 Å². The summed E-state index contributed by atoms with van der Waals surface area (Å²) >= 11 is 0. The van der Waals surface area contributed by atoms with E-state index in [0.29, 0.717) is 6.54 Å². The second kappa shape index (κ2) is 10.1. The zero-order valence-corrected chi connectivity index (χ0v) is 16.8. The standard InChI is InChI=1S/C20H30N4O2.ClH/c1-15(20(26)24-10-6-3-7-11-24)22-19(25)14-23-12-17(18(21)13-23)16-8-4-2-5-9-16;/h2,4-5,8-9,15,17-18H,3,6-7,10-14,21H2,1H3,(H,22,25);1H/t15?,17-,18+;/m0./s1. The molecule has 150 valence electrons. The number of carbonyl (C=O) groups is 2. The summed E-state index contributed by atoms with van der Waals surface area (Å²) in [6.07, 6.45) is 3.29. The molecule has 0 radical (unpaired) electrons. The molecule has 2 aliphatic rings. The van der Waals surface area contributed by atoms with Crippen molar-refractivity contribution in [3.8, 4) is 0 Å². The molecule has 2 heterocycles. The Hall–Kier alpha value is -1.63. The Balaban J connectivity index is 0.00000261. The number of nitrogens with two attached hydrogens (primary N) is 1. The predicted octanol–water partition coefficient (Wildman–Crippen LogP) is 1.35. The van der Waals surface area contributed by atoms with Gasteiger partial charge in [-0.3, -0.25) is 14.5 Å². The third kappa shape index (κ3) is 5.67. The van der Waals surface area contributed by atoms with Gasteiger partial charge in [-0.2, -0.15) is 0 Å². The van der Waals surface area contributed by atoms with E-state index in [1.807, 2.05) is 23.1 Å². The molecule has 0 saturated carbocycles. The van der Waals surface area contributed by atoms with Crippen molar-refractivity contribution >= 4 is 24.2 Å². The van der Waals surface area contributed by atoms with Crippen LogP contribution in [0.25, 0.3) is 0 Å². The molecule has 2 saturated heterocycles. The molecule has 0 aliphatic carbocycles. The van der Waals surface area contributed by atoms with Crippen LogP contribution in [0.5, 0.6) is 0 Å². The van der Waals surface area contributed by atoms with Gasteiger partial charge >= 0.3 is 0 Å². The SMILES string of the molecule is CC(NC(=O)CN1C[C@@H](N)[C@H](c2ccccc2)C1)C(=O)N1CCCCC1.Cl. The van der Waals surface area contributed by atoms with Crippen LogP contribution >= 0.6 is 12.4 Å². The Morgan fingerprint density at radius 3 is 2.48 bits per heavy atom. The Labute approximate surface area is 167 Å². The van der Waals surface area contributed by atoms with Gasteiger partial charge in [-0.15, -0.1) is 12.4 Å². The van der Waals surface area contributed by atoms with Crippen LogP contribution in [0.3, 0.4) is 0 Å². The molecule has 7 heteroatoms. The quantitative estimate of drug-likeness (QED) is 0.790. The molecule has 0 aromatic heterocycles. The van der Waals surface area contributed by atoms with Crippen LogP contribution in [0, 0.1) is 0 Å². The monoisotopic (exact) mass is 394 g/mol. The van der Waals surface area contributed by atoms with Crippen molar-refractivity contribution in [3.63, 3.8) is 0 Å². The molecule has 1 unspecified atom stereocenters. The summed E-state index contributed by atoms with van der Waals surface area (Å²) in [5.74, 6) is 0.165. The Kier molecular flexibility index (Phi) is 8.07. The molecular formula is C20H31ClN4O2. The molecule has 1 aromatic rings. The molecule has 2 aliphatic heterocycles. The first-order valence-electron chi connectivity index (χ1n) is 9.65. The minimum Gasteiger partial charge on any atom is -0.343 e. The van der Waals surface area contributed by atoms with E-state index < -0.39 is 6.04 Å². The number of rotatable bonds is 5. The summed E-state index contributed by atoms with van der Waals surface area (Å²) in [7, 11) is 0. The smallest absolute Gasteiger partial charge is 0.244 e. The van der Waals surface area contributed by atoms with Gasteiger partial charge in [0.2, 0.25) is 11.8 Å². The molecule has 0 bridgehead atoms. The Morgan fingerprint density at radius 2 is 1.81 bits per heavy atom. The third-order valence-electron chi connectivity index (χ3n) is 5.45. The highest BCUT2D eigenvalue weighted by molar-refractivity contribution is 5.88. The van der Waals surface area contributed by atoms with Crippen LogP contribution in [0.2, 0.25) is 0 Å². The van der Waals surface area contributed by atoms with Crippen molar-refractivity contribution < 1.29 is 9.59 Å². The number of amides is 2. The lowest BCUT2D eigenvalue weighted by atomic mass is 9.95. The molecule has 0 spiro atoms. The topological polar surface area (TPSA) is 78.7 Å². The van der Waals surface area contributed by atoms with Gasteiger partial charge in [0.1, 0.15) is 6.04 Å². The number of benzene rings is 1. The van der Waals surface area contributed by atoms with E-state index in [1.165, 1.54) is 12.0 Å². The number of hydrogen-bond donors (Lipinski definition) is 2. The van der Waals surface area contributed by atoms with E-state index in [1.54, 1.807) is 6.92 Å². The van der Waals surface area contributed by atoms with E-state index >= 15 is 0 Å². The summed E-state index contributed by atoms with van der Waals surface area (Å²) in [5, 5.41) is 2.86. The van der Waals surface area contributed by atoms with Gasteiger partial charge in [0, 0.05) is 38.1 Å². The first-order valence-corrected chi connectivity index (χ1v) is 9.65. The van der Waals surface area contributed by atoms with Crippen molar-refractivity contribution in [2.75, 3.05) is 32.7 Å². The maximum atomic E-state index is 12.4. The van der Waals surface area contributed by atoms with Crippen molar-refractivity contribution in [2.45, 2.75) is 44.2 Å². The highest BCUT2D eigenvalue weighted by atomic mass is 35.5. The molecule has 1 aromatic carbocycles. The predicted molar refractivity (Wildman–Crippen MR) is 109 cm³/mol. The average Bonchev–Trinajstić information content (AvgIpc) is 3.02.